The van der Waals surface area contributed by atoms with Crippen molar-refractivity contribution in [2.24, 2.45) is 5.92 Å². The van der Waals surface area contributed by atoms with E-state index in [4.69, 9.17) is 0 Å². The molecule has 30 heavy (non-hydrogen) atoms. The zero-order valence-corrected chi connectivity index (χ0v) is 18.0. The fraction of sp³-hybridized carbons (Fsp3) is 0.304. The summed E-state index contributed by atoms with van der Waals surface area (Å²) in [5.41, 5.74) is 1.24. The molecular formula is C23H24F3N3S. The van der Waals surface area contributed by atoms with E-state index in [0.29, 0.717) is 17.4 Å². The predicted octanol–water partition coefficient (Wildman–Crippen LogP) is 7.00. The third-order valence-corrected chi connectivity index (χ3v) is 5.47. The summed E-state index contributed by atoms with van der Waals surface area (Å²) in [4.78, 5) is 10.9. The minimum absolute atomic E-state index is 0.103. The van der Waals surface area contributed by atoms with E-state index in [2.05, 4.69) is 23.8 Å². The minimum Gasteiger partial charge on any atom is -0.311 e. The SMILES string of the molecule is CCN(c1ccc(CC(C)C)cc1)c1ncc(C(F)(F)F)c(Sc2ccccc2)n1. The van der Waals surface area contributed by atoms with Crippen molar-refractivity contribution < 1.29 is 13.2 Å². The van der Waals surface area contributed by atoms with Crippen molar-refractivity contribution in [2.75, 3.05) is 11.4 Å². The van der Waals surface area contributed by atoms with Crippen LogP contribution in [0, 0.1) is 5.92 Å². The van der Waals surface area contributed by atoms with Gasteiger partial charge in [-0.1, -0.05) is 55.9 Å². The number of nitrogens with zero attached hydrogens (tertiary/aromatic N) is 3. The number of hydrogen-bond donors (Lipinski definition) is 0. The van der Waals surface area contributed by atoms with Gasteiger partial charge < -0.3 is 4.90 Å². The summed E-state index contributed by atoms with van der Waals surface area (Å²) < 4.78 is 40.6. The number of aromatic nitrogens is 2. The maximum absolute atomic E-state index is 13.5. The van der Waals surface area contributed by atoms with Crippen molar-refractivity contribution in [3.8, 4) is 0 Å². The van der Waals surface area contributed by atoms with Gasteiger partial charge >= 0.3 is 6.18 Å². The molecule has 1 heterocycles. The van der Waals surface area contributed by atoms with E-state index in [1.807, 2.05) is 42.2 Å². The smallest absolute Gasteiger partial charge is 0.311 e. The Morgan fingerprint density at radius 3 is 2.23 bits per heavy atom. The third kappa shape index (κ3) is 5.53. The van der Waals surface area contributed by atoms with Crippen LogP contribution in [-0.4, -0.2) is 16.5 Å². The Hall–Kier alpha value is -2.54. The summed E-state index contributed by atoms with van der Waals surface area (Å²) in [5.74, 6) is 0.800. The second-order valence-corrected chi connectivity index (χ2v) is 8.37. The van der Waals surface area contributed by atoms with E-state index in [1.165, 1.54) is 5.56 Å². The van der Waals surface area contributed by atoms with Crippen LogP contribution in [0.25, 0.3) is 0 Å². The van der Waals surface area contributed by atoms with E-state index in [9.17, 15) is 13.2 Å². The van der Waals surface area contributed by atoms with E-state index >= 15 is 0 Å². The molecule has 0 spiro atoms. The highest BCUT2D eigenvalue weighted by molar-refractivity contribution is 7.99. The Balaban J connectivity index is 1.96. The molecule has 0 aliphatic heterocycles. The van der Waals surface area contributed by atoms with Gasteiger partial charge in [-0.15, -0.1) is 0 Å². The summed E-state index contributed by atoms with van der Waals surface area (Å²) in [6, 6.07) is 16.9. The normalized spacial score (nSPS) is 11.7. The second kappa shape index (κ2) is 9.51. The van der Waals surface area contributed by atoms with Crippen LogP contribution in [0.3, 0.4) is 0 Å². The highest BCUT2D eigenvalue weighted by Gasteiger charge is 2.35. The van der Waals surface area contributed by atoms with E-state index in [0.717, 1.165) is 30.1 Å². The van der Waals surface area contributed by atoms with Crippen LogP contribution in [0.1, 0.15) is 31.9 Å². The molecule has 0 saturated carbocycles. The summed E-state index contributed by atoms with van der Waals surface area (Å²) in [6.45, 7) is 6.78. The molecular weight excluding hydrogens is 407 g/mol. The van der Waals surface area contributed by atoms with Crippen LogP contribution in [-0.2, 0) is 12.6 Å². The van der Waals surface area contributed by atoms with Gasteiger partial charge in [0.25, 0.3) is 0 Å². The summed E-state index contributed by atoms with van der Waals surface area (Å²) in [5, 5.41) is -0.103. The van der Waals surface area contributed by atoms with Gasteiger partial charge in [0.1, 0.15) is 10.6 Å². The maximum Gasteiger partial charge on any atom is 0.420 e. The third-order valence-electron chi connectivity index (χ3n) is 4.45. The first kappa shape index (κ1) is 22.2. The summed E-state index contributed by atoms with van der Waals surface area (Å²) in [6.07, 6.45) is -2.67. The Morgan fingerprint density at radius 1 is 1.00 bits per heavy atom. The minimum atomic E-state index is -4.52. The first-order chi connectivity index (χ1) is 14.3. The summed E-state index contributed by atoms with van der Waals surface area (Å²) in [7, 11) is 0. The molecule has 0 aliphatic rings. The molecule has 0 saturated heterocycles. The van der Waals surface area contributed by atoms with Crippen LogP contribution >= 0.6 is 11.8 Å². The molecule has 0 atom stereocenters. The highest BCUT2D eigenvalue weighted by atomic mass is 32.2. The first-order valence-corrected chi connectivity index (χ1v) is 10.6. The van der Waals surface area contributed by atoms with Crippen LogP contribution in [0.5, 0.6) is 0 Å². The Morgan fingerprint density at radius 2 is 1.67 bits per heavy atom. The number of rotatable bonds is 7. The molecule has 0 N–H and O–H groups in total. The zero-order chi connectivity index (χ0) is 21.7. The lowest BCUT2D eigenvalue weighted by atomic mass is 10.0. The molecule has 0 bridgehead atoms. The topological polar surface area (TPSA) is 29.0 Å². The van der Waals surface area contributed by atoms with Crippen molar-refractivity contribution in [2.45, 2.75) is 43.3 Å². The molecule has 158 valence electrons. The Labute approximate surface area is 179 Å². The highest BCUT2D eigenvalue weighted by Crippen LogP contribution is 2.39. The van der Waals surface area contributed by atoms with Gasteiger partial charge in [0, 0.05) is 23.3 Å². The molecule has 3 aromatic rings. The Bertz CT molecular complexity index is 958. The number of halogens is 3. The Kier molecular flexibility index (Phi) is 7.02. The summed E-state index contributed by atoms with van der Waals surface area (Å²) >= 11 is 0.990. The van der Waals surface area contributed by atoms with Gasteiger partial charge in [-0.3, -0.25) is 0 Å². The number of anilines is 2. The van der Waals surface area contributed by atoms with Crippen LogP contribution in [0.4, 0.5) is 24.8 Å². The molecule has 3 nitrogen and oxygen atoms in total. The second-order valence-electron chi connectivity index (χ2n) is 7.31. The molecule has 2 aromatic carbocycles. The predicted molar refractivity (Wildman–Crippen MR) is 115 cm³/mol. The lowest BCUT2D eigenvalue weighted by molar-refractivity contribution is -0.140. The quantitative estimate of drug-likeness (QED) is 0.377. The van der Waals surface area contributed by atoms with E-state index in [-0.39, 0.29) is 11.0 Å². The van der Waals surface area contributed by atoms with Crippen molar-refractivity contribution in [3.05, 3.63) is 71.9 Å². The van der Waals surface area contributed by atoms with Gasteiger partial charge in [-0.05, 0) is 49.1 Å². The number of benzene rings is 2. The molecule has 0 aliphatic carbocycles. The molecule has 0 amide bonds. The molecule has 1 aromatic heterocycles. The van der Waals surface area contributed by atoms with Gasteiger partial charge in [0.2, 0.25) is 5.95 Å². The average Bonchev–Trinajstić information content (AvgIpc) is 2.69. The maximum atomic E-state index is 13.5. The molecule has 0 fully saturated rings. The van der Waals surface area contributed by atoms with Gasteiger partial charge in [-0.25, -0.2) is 9.97 Å². The van der Waals surface area contributed by atoms with Crippen LogP contribution in [0.15, 0.2) is 70.7 Å². The monoisotopic (exact) mass is 431 g/mol. The van der Waals surface area contributed by atoms with Crippen LogP contribution in [0.2, 0.25) is 0 Å². The molecule has 0 radical (unpaired) electrons. The number of alkyl halides is 3. The zero-order valence-electron chi connectivity index (χ0n) is 17.1. The molecule has 0 unspecified atom stereocenters. The van der Waals surface area contributed by atoms with Gasteiger partial charge in [-0.2, -0.15) is 13.2 Å². The van der Waals surface area contributed by atoms with E-state index < -0.39 is 11.7 Å². The first-order valence-electron chi connectivity index (χ1n) is 9.81. The van der Waals surface area contributed by atoms with Gasteiger partial charge in [0.15, 0.2) is 0 Å². The van der Waals surface area contributed by atoms with Crippen molar-refractivity contribution in [1.82, 2.24) is 9.97 Å². The standard InChI is InChI=1S/C23H24F3N3S/c1-4-29(18-12-10-17(11-13-18)14-16(2)3)22-27-15-20(23(24,25)26)21(28-22)30-19-8-6-5-7-9-19/h5-13,15-16H,4,14H2,1-3H3. The van der Waals surface area contributed by atoms with E-state index in [1.54, 1.807) is 24.3 Å². The van der Waals surface area contributed by atoms with Crippen LogP contribution < -0.4 is 4.90 Å². The lowest BCUT2D eigenvalue weighted by Gasteiger charge is -2.23. The average molecular weight is 432 g/mol. The lowest BCUT2D eigenvalue weighted by Crippen LogP contribution is -2.20. The molecule has 7 heteroatoms. The fourth-order valence-electron chi connectivity index (χ4n) is 3.08. The van der Waals surface area contributed by atoms with Crippen molar-refractivity contribution >= 4 is 23.4 Å². The fourth-order valence-corrected chi connectivity index (χ4v) is 4.00. The van der Waals surface area contributed by atoms with Crippen molar-refractivity contribution in [3.63, 3.8) is 0 Å². The van der Waals surface area contributed by atoms with Gasteiger partial charge in [0.05, 0.1) is 0 Å². The van der Waals surface area contributed by atoms with Crippen molar-refractivity contribution in [1.29, 1.82) is 0 Å². The largest absolute Gasteiger partial charge is 0.420 e. The molecule has 3 rings (SSSR count). The number of hydrogen-bond acceptors (Lipinski definition) is 4.